The van der Waals surface area contributed by atoms with E-state index in [0.717, 1.165) is 24.3 Å². The van der Waals surface area contributed by atoms with Crippen LogP contribution in [0.2, 0.25) is 5.02 Å². The van der Waals surface area contributed by atoms with Crippen molar-refractivity contribution in [2.24, 2.45) is 0 Å². The molecule has 0 aliphatic carbocycles. The number of ether oxygens (including phenoxy) is 1. The van der Waals surface area contributed by atoms with Crippen molar-refractivity contribution in [3.05, 3.63) is 52.5 Å². The predicted molar refractivity (Wildman–Crippen MR) is 111 cm³/mol. The van der Waals surface area contributed by atoms with Crippen LogP contribution in [0, 0.1) is 0 Å². The zero-order valence-corrected chi connectivity index (χ0v) is 16.6. The summed E-state index contributed by atoms with van der Waals surface area (Å²) in [6.07, 6.45) is 0. The van der Waals surface area contributed by atoms with E-state index in [9.17, 15) is 9.82 Å². The van der Waals surface area contributed by atoms with E-state index < -0.39 is 12.7 Å². The van der Waals surface area contributed by atoms with Crippen molar-refractivity contribution in [2.75, 3.05) is 36.5 Å². The standard InChI is InChI=1S/C20H22BClN2O4/c1-20(2)16-6-3-13(11-17(16)21(26)28-20)23-19(25)15-5-4-14(12-18(15)22)24-7-9-27-10-8-24/h3-6,11-12,26H,7-10H2,1-2H3,(H,23,25). The number of halogens is 1. The van der Waals surface area contributed by atoms with Gasteiger partial charge in [0.1, 0.15) is 0 Å². The van der Waals surface area contributed by atoms with Crippen molar-refractivity contribution in [3.8, 4) is 0 Å². The molecule has 2 aromatic rings. The van der Waals surface area contributed by atoms with Crippen LogP contribution in [0.4, 0.5) is 11.4 Å². The van der Waals surface area contributed by atoms with E-state index in [1.807, 2.05) is 32.0 Å². The van der Waals surface area contributed by atoms with Crippen LogP contribution in [-0.2, 0) is 15.0 Å². The normalized spacial score (nSPS) is 18.1. The first-order valence-corrected chi connectivity index (χ1v) is 9.67. The number of nitrogens with zero attached hydrogens (tertiary/aromatic N) is 1. The van der Waals surface area contributed by atoms with Crippen LogP contribution >= 0.6 is 11.6 Å². The third kappa shape index (κ3) is 3.63. The van der Waals surface area contributed by atoms with Gasteiger partial charge in [-0.1, -0.05) is 17.7 Å². The Kier molecular flexibility index (Phi) is 5.10. The van der Waals surface area contributed by atoms with E-state index in [1.165, 1.54) is 0 Å². The molecule has 2 heterocycles. The number of amides is 1. The Labute approximate surface area is 169 Å². The minimum Gasteiger partial charge on any atom is -0.423 e. The molecular weight excluding hydrogens is 378 g/mol. The smallest absolute Gasteiger partial charge is 0.423 e. The molecule has 8 heteroatoms. The summed E-state index contributed by atoms with van der Waals surface area (Å²) in [7, 11) is -1.00. The number of hydrogen-bond donors (Lipinski definition) is 2. The van der Waals surface area contributed by atoms with Crippen LogP contribution in [0.3, 0.4) is 0 Å². The maximum Gasteiger partial charge on any atom is 0.492 e. The number of anilines is 2. The molecule has 0 spiro atoms. The van der Waals surface area contributed by atoms with Gasteiger partial charge in [-0.2, -0.15) is 0 Å². The molecule has 6 nitrogen and oxygen atoms in total. The summed E-state index contributed by atoms with van der Waals surface area (Å²) in [4.78, 5) is 14.9. The third-order valence-corrected chi connectivity index (χ3v) is 5.52. The maximum absolute atomic E-state index is 12.7. The number of benzene rings is 2. The number of fused-ring (bicyclic) bond motifs is 1. The average molecular weight is 401 g/mol. The first-order valence-electron chi connectivity index (χ1n) is 9.29. The number of carbonyl (C=O) groups is 1. The summed E-state index contributed by atoms with van der Waals surface area (Å²) in [6, 6.07) is 10.8. The van der Waals surface area contributed by atoms with Gasteiger partial charge in [0.2, 0.25) is 0 Å². The van der Waals surface area contributed by atoms with E-state index >= 15 is 0 Å². The molecule has 1 amide bonds. The van der Waals surface area contributed by atoms with Gasteiger partial charge in [0.25, 0.3) is 5.91 Å². The SMILES string of the molecule is CC1(C)OB(O)c2cc(NC(=O)c3ccc(N4CCOCC4)cc3Cl)ccc21. The molecule has 0 saturated carbocycles. The van der Waals surface area contributed by atoms with Gasteiger partial charge in [-0.05, 0) is 55.2 Å². The summed E-state index contributed by atoms with van der Waals surface area (Å²) >= 11 is 6.39. The van der Waals surface area contributed by atoms with Crippen LogP contribution in [0.15, 0.2) is 36.4 Å². The number of carbonyl (C=O) groups excluding carboxylic acids is 1. The number of hydrogen-bond acceptors (Lipinski definition) is 5. The fourth-order valence-electron chi connectivity index (χ4n) is 3.70. The van der Waals surface area contributed by atoms with Crippen molar-refractivity contribution in [1.29, 1.82) is 0 Å². The molecule has 0 bridgehead atoms. The Bertz CT molecular complexity index is 915. The molecule has 2 aliphatic rings. The van der Waals surface area contributed by atoms with Crippen LogP contribution < -0.4 is 15.7 Å². The molecular formula is C20H22BClN2O4. The summed E-state index contributed by atoms with van der Waals surface area (Å²) in [5, 5.41) is 13.4. The summed E-state index contributed by atoms with van der Waals surface area (Å²) < 4.78 is 10.9. The van der Waals surface area contributed by atoms with Gasteiger partial charge in [0.05, 0.1) is 29.4 Å². The minimum absolute atomic E-state index is 0.300. The predicted octanol–water partition coefficient (Wildman–Crippen LogP) is 2.38. The lowest BCUT2D eigenvalue weighted by molar-refractivity contribution is 0.101. The van der Waals surface area contributed by atoms with Crippen molar-refractivity contribution < 1.29 is 19.2 Å². The quantitative estimate of drug-likeness (QED) is 0.774. The molecule has 2 aliphatic heterocycles. The van der Waals surface area contributed by atoms with Gasteiger partial charge in [-0.25, -0.2) is 0 Å². The number of morpholine rings is 1. The van der Waals surface area contributed by atoms with Crippen molar-refractivity contribution in [2.45, 2.75) is 19.4 Å². The molecule has 0 unspecified atom stereocenters. The number of nitrogens with one attached hydrogen (secondary N) is 1. The minimum atomic E-state index is -1.00. The second kappa shape index (κ2) is 7.41. The monoisotopic (exact) mass is 400 g/mol. The second-order valence-corrected chi connectivity index (χ2v) is 7.91. The lowest BCUT2D eigenvalue weighted by Crippen LogP contribution is -2.36. The van der Waals surface area contributed by atoms with Crippen molar-refractivity contribution in [1.82, 2.24) is 0 Å². The molecule has 146 valence electrons. The Morgan fingerprint density at radius 1 is 1.21 bits per heavy atom. The summed E-state index contributed by atoms with van der Waals surface area (Å²) in [5.74, 6) is -0.300. The van der Waals surface area contributed by atoms with Crippen LogP contribution in [0.25, 0.3) is 0 Å². The highest BCUT2D eigenvalue weighted by molar-refractivity contribution is 6.62. The molecule has 4 rings (SSSR count). The fourth-order valence-corrected chi connectivity index (χ4v) is 3.96. The molecule has 0 aromatic heterocycles. The fraction of sp³-hybridized carbons (Fsp3) is 0.350. The molecule has 28 heavy (non-hydrogen) atoms. The Morgan fingerprint density at radius 2 is 1.96 bits per heavy atom. The number of rotatable bonds is 3. The summed E-state index contributed by atoms with van der Waals surface area (Å²) in [5.41, 5.74) is 2.97. The molecule has 2 N–H and O–H groups in total. The van der Waals surface area contributed by atoms with E-state index in [4.69, 9.17) is 21.0 Å². The van der Waals surface area contributed by atoms with Gasteiger partial charge in [-0.15, -0.1) is 0 Å². The third-order valence-electron chi connectivity index (χ3n) is 5.20. The highest BCUT2D eigenvalue weighted by atomic mass is 35.5. The average Bonchev–Trinajstić information content (AvgIpc) is 2.90. The zero-order valence-electron chi connectivity index (χ0n) is 15.9. The van der Waals surface area contributed by atoms with Gasteiger partial charge < -0.3 is 24.6 Å². The van der Waals surface area contributed by atoms with Gasteiger partial charge in [-0.3, -0.25) is 4.79 Å². The Morgan fingerprint density at radius 3 is 2.68 bits per heavy atom. The molecule has 2 aromatic carbocycles. The molecule has 1 saturated heterocycles. The first-order chi connectivity index (χ1) is 13.3. The van der Waals surface area contributed by atoms with E-state index in [-0.39, 0.29) is 5.91 Å². The second-order valence-electron chi connectivity index (χ2n) is 7.50. The van der Waals surface area contributed by atoms with Crippen LogP contribution in [0.5, 0.6) is 0 Å². The van der Waals surface area contributed by atoms with Gasteiger partial charge in [0.15, 0.2) is 0 Å². The summed E-state index contributed by atoms with van der Waals surface area (Å²) in [6.45, 7) is 6.77. The van der Waals surface area contributed by atoms with Crippen molar-refractivity contribution >= 4 is 41.5 Å². The van der Waals surface area contributed by atoms with E-state index in [0.29, 0.717) is 35.0 Å². The lowest BCUT2D eigenvalue weighted by atomic mass is 9.78. The lowest BCUT2D eigenvalue weighted by Gasteiger charge is -2.29. The highest BCUT2D eigenvalue weighted by Crippen LogP contribution is 2.31. The van der Waals surface area contributed by atoms with Gasteiger partial charge >= 0.3 is 7.12 Å². The molecule has 1 fully saturated rings. The highest BCUT2D eigenvalue weighted by Gasteiger charge is 2.40. The van der Waals surface area contributed by atoms with E-state index in [2.05, 4.69) is 10.2 Å². The zero-order chi connectivity index (χ0) is 19.9. The molecule has 0 atom stereocenters. The van der Waals surface area contributed by atoms with Crippen molar-refractivity contribution in [3.63, 3.8) is 0 Å². The molecule has 0 radical (unpaired) electrons. The maximum atomic E-state index is 12.7. The van der Waals surface area contributed by atoms with Crippen LogP contribution in [-0.4, -0.2) is 44.4 Å². The van der Waals surface area contributed by atoms with Crippen LogP contribution in [0.1, 0.15) is 29.8 Å². The van der Waals surface area contributed by atoms with Gasteiger partial charge in [0, 0.05) is 24.5 Å². The largest absolute Gasteiger partial charge is 0.492 e. The topological polar surface area (TPSA) is 71.0 Å². The Hall–Kier alpha value is -2.06. The van der Waals surface area contributed by atoms with E-state index in [1.54, 1.807) is 18.2 Å². The Balaban J connectivity index is 1.52. The first kappa shape index (κ1) is 19.3.